The molecule has 1 unspecified atom stereocenters. The van der Waals surface area contributed by atoms with E-state index in [1.54, 1.807) is 26.0 Å². The number of rotatable bonds is 4. The van der Waals surface area contributed by atoms with Crippen molar-refractivity contribution in [3.8, 4) is 0 Å². The summed E-state index contributed by atoms with van der Waals surface area (Å²) in [6.07, 6.45) is 3.56. The molecule has 5 atom stereocenters. The standard InChI is InChI=1S/C20H28O6/c1-6-11(2)18(24)26-16-7-8-20(25)10-15(21)14(12(3)17(22)23)9-19(20,5)13(16)4/h6,9,12-13,16,25H,7-8,10H2,1-5H3,(H,22,23)/b11-6-/t12?,13-,16-,19+,20-/m0/s1. The third kappa shape index (κ3) is 3.22. The zero-order valence-corrected chi connectivity index (χ0v) is 16.0. The Kier molecular flexibility index (Phi) is 5.47. The molecule has 0 radical (unpaired) electrons. The lowest BCUT2D eigenvalue weighted by atomic mass is 9.53. The molecule has 6 nitrogen and oxygen atoms in total. The van der Waals surface area contributed by atoms with Crippen molar-refractivity contribution < 1.29 is 29.3 Å². The molecule has 144 valence electrons. The summed E-state index contributed by atoms with van der Waals surface area (Å²) in [7, 11) is 0. The average Bonchev–Trinajstić information content (AvgIpc) is 2.58. The van der Waals surface area contributed by atoms with Crippen LogP contribution in [-0.4, -0.2) is 39.6 Å². The van der Waals surface area contributed by atoms with Gasteiger partial charge >= 0.3 is 11.9 Å². The van der Waals surface area contributed by atoms with Gasteiger partial charge in [0, 0.05) is 28.9 Å². The van der Waals surface area contributed by atoms with Gasteiger partial charge < -0.3 is 14.9 Å². The molecule has 0 aromatic rings. The number of carboxylic acids is 1. The molecule has 26 heavy (non-hydrogen) atoms. The lowest BCUT2D eigenvalue weighted by Gasteiger charge is -2.55. The highest BCUT2D eigenvalue weighted by atomic mass is 16.5. The summed E-state index contributed by atoms with van der Waals surface area (Å²) < 4.78 is 5.64. The quantitative estimate of drug-likeness (QED) is 0.587. The van der Waals surface area contributed by atoms with Crippen LogP contribution in [0.3, 0.4) is 0 Å². The summed E-state index contributed by atoms with van der Waals surface area (Å²) in [6.45, 7) is 8.61. The number of carboxylic acid groups (broad SMARTS) is 1. The van der Waals surface area contributed by atoms with Gasteiger partial charge in [-0.2, -0.15) is 0 Å². The predicted molar refractivity (Wildman–Crippen MR) is 95.3 cm³/mol. The second-order valence-electron chi connectivity index (χ2n) is 7.82. The number of hydrogen-bond donors (Lipinski definition) is 2. The van der Waals surface area contributed by atoms with E-state index >= 15 is 0 Å². The molecular weight excluding hydrogens is 336 g/mol. The fraction of sp³-hybridized carbons (Fsp3) is 0.650. The number of carbonyl (C=O) groups is 3. The Morgan fingerprint density at radius 2 is 2.04 bits per heavy atom. The number of Topliss-reactive ketones (excluding diaryl/α,β-unsaturated/α-hetero) is 1. The number of carbonyl (C=O) groups excluding carboxylic acids is 2. The van der Waals surface area contributed by atoms with Crippen LogP contribution in [0.4, 0.5) is 0 Å². The molecule has 2 aliphatic carbocycles. The van der Waals surface area contributed by atoms with Crippen molar-refractivity contribution in [2.75, 3.05) is 0 Å². The highest BCUT2D eigenvalue weighted by Crippen LogP contribution is 2.55. The molecule has 2 aliphatic rings. The van der Waals surface area contributed by atoms with Gasteiger partial charge in [-0.25, -0.2) is 4.79 Å². The summed E-state index contributed by atoms with van der Waals surface area (Å²) in [6, 6.07) is 0. The Morgan fingerprint density at radius 3 is 2.58 bits per heavy atom. The van der Waals surface area contributed by atoms with E-state index in [1.807, 2.05) is 13.8 Å². The van der Waals surface area contributed by atoms with Gasteiger partial charge in [0.2, 0.25) is 0 Å². The van der Waals surface area contributed by atoms with E-state index in [-0.39, 0.29) is 23.7 Å². The molecule has 0 spiro atoms. The van der Waals surface area contributed by atoms with Crippen molar-refractivity contribution in [3.05, 3.63) is 23.3 Å². The molecule has 0 amide bonds. The third-order valence-electron chi connectivity index (χ3n) is 6.43. The molecule has 0 aromatic heterocycles. The highest BCUT2D eigenvalue weighted by molar-refractivity contribution is 6.01. The van der Waals surface area contributed by atoms with Gasteiger partial charge in [-0.3, -0.25) is 9.59 Å². The fourth-order valence-electron chi connectivity index (χ4n) is 4.03. The number of ketones is 1. The Bertz CT molecular complexity index is 690. The maximum absolute atomic E-state index is 12.5. The Morgan fingerprint density at radius 1 is 1.42 bits per heavy atom. The first-order valence-corrected chi connectivity index (χ1v) is 9.02. The zero-order valence-electron chi connectivity index (χ0n) is 16.0. The van der Waals surface area contributed by atoms with Gasteiger partial charge in [0.05, 0.1) is 11.5 Å². The molecule has 0 bridgehead atoms. The van der Waals surface area contributed by atoms with Crippen LogP contribution in [0.25, 0.3) is 0 Å². The van der Waals surface area contributed by atoms with Crippen LogP contribution < -0.4 is 0 Å². The molecule has 0 aliphatic heterocycles. The van der Waals surface area contributed by atoms with Gasteiger partial charge in [-0.1, -0.05) is 26.0 Å². The lowest BCUT2D eigenvalue weighted by molar-refractivity contribution is -0.179. The highest BCUT2D eigenvalue weighted by Gasteiger charge is 2.58. The minimum Gasteiger partial charge on any atom is -0.481 e. The molecule has 1 saturated carbocycles. The molecular formula is C20H28O6. The summed E-state index contributed by atoms with van der Waals surface area (Å²) in [5, 5.41) is 20.5. The largest absolute Gasteiger partial charge is 0.481 e. The summed E-state index contributed by atoms with van der Waals surface area (Å²) >= 11 is 0. The monoisotopic (exact) mass is 364 g/mol. The lowest BCUT2D eigenvalue weighted by Crippen LogP contribution is -2.60. The topological polar surface area (TPSA) is 101 Å². The second-order valence-corrected chi connectivity index (χ2v) is 7.82. The normalized spacial score (nSPS) is 36.0. The number of aliphatic hydroxyl groups is 1. The molecule has 0 saturated heterocycles. The van der Waals surface area contributed by atoms with E-state index in [4.69, 9.17) is 4.74 Å². The van der Waals surface area contributed by atoms with Crippen molar-refractivity contribution in [3.63, 3.8) is 0 Å². The van der Waals surface area contributed by atoms with Crippen LogP contribution >= 0.6 is 0 Å². The van der Waals surface area contributed by atoms with Gasteiger partial charge in [-0.15, -0.1) is 0 Å². The van der Waals surface area contributed by atoms with E-state index in [0.29, 0.717) is 18.4 Å². The van der Waals surface area contributed by atoms with Gasteiger partial charge in [0.15, 0.2) is 5.78 Å². The molecule has 0 heterocycles. The van der Waals surface area contributed by atoms with Crippen LogP contribution in [-0.2, 0) is 19.1 Å². The van der Waals surface area contributed by atoms with Crippen molar-refractivity contribution in [2.45, 2.75) is 65.6 Å². The van der Waals surface area contributed by atoms with Gasteiger partial charge in [-0.05, 0) is 33.6 Å². The van der Waals surface area contributed by atoms with Gasteiger partial charge in [0.1, 0.15) is 6.10 Å². The molecule has 2 rings (SSSR count). The molecule has 2 N–H and O–H groups in total. The average molecular weight is 364 g/mol. The molecule has 0 aromatic carbocycles. The van der Waals surface area contributed by atoms with E-state index in [2.05, 4.69) is 0 Å². The van der Waals surface area contributed by atoms with E-state index in [9.17, 15) is 24.6 Å². The van der Waals surface area contributed by atoms with E-state index in [0.717, 1.165) is 0 Å². The number of ether oxygens (including phenoxy) is 1. The predicted octanol–water partition coefficient (Wildman–Crippen LogP) is 2.65. The second kappa shape index (κ2) is 6.99. The minimum absolute atomic E-state index is 0.105. The molecule has 1 fully saturated rings. The first kappa shape index (κ1) is 20.4. The van der Waals surface area contributed by atoms with Crippen molar-refractivity contribution in [2.24, 2.45) is 17.3 Å². The first-order valence-electron chi connectivity index (χ1n) is 9.02. The number of aliphatic carboxylic acids is 1. The van der Waals surface area contributed by atoms with Crippen LogP contribution in [0.1, 0.15) is 53.9 Å². The van der Waals surface area contributed by atoms with E-state index < -0.39 is 35.0 Å². The van der Waals surface area contributed by atoms with Crippen LogP contribution in [0.2, 0.25) is 0 Å². The zero-order chi connectivity index (χ0) is 19.9. The maximum Gasteiger partial charge on any atom is 0.333 e. The first-order chi connectivity index (χ1) is 12.0. The Hall–Kier alpha value is -1.95. The number of allylic oxidation sites excluding steroid dienone is 1. The maximum atomic E-state index is 12.5. The number of esters is 1. The fourth-order valence-corrected chi connectivity index (χ4v) is 4.03. The summed E-state index contributed by atoms with van der Waals surface area (Å²) in [4.78, 5) is 36.0. The van der Waals surface area contributed by atoms with Crippen LogP contribution in [0.15, 0.2) is 23.3 Å². The summed E-state index contributed by atoms with van der Waals surface area (Å²) in [5.41, 5.74) is -1.39. The van der Waals surface area contributed by atoms with Crippen LogP contribution in [0.5, 0.6) is 0 Å². The van der Waals surface area contributed by atoms with E-state index in [1.165, 1.54) is 6.92 Å². The van der Waals surface area contributed by atoms with Crippen molar-refractivity contribution >= 4 is 17.7 Å². The van der Waals surface area contributed by atoms with Crippen LogP contribution in [0, 0.1) is 17.3 Å². The minimum atomic E-state index is -1.26. The van der Waals surface area contributed by atoms with Gasteiger partial charge in [0.25, 0.3) is 0 Å². The Balaban J connectivity index is 2.40. The number of hydrogen-bond acceptors (Lipinski definition) is 5. The van der Waals surface area contributed by atoms with Crippen molar-refractivity contribution in [1.29, 1.82) is 0 Å². The Labute approximate surface area is 153 Å². The molecule has 6 heteroatoms. The smallest absolute Gasteiger partial charge is 0.333 e. The van der Waals surface area contributed by atoms with Crippen molar-refractivity contribution in [1.82, 2.24) is 0 Å². The number of fused-ring (bicyclic) bond motifs is 1. The summed E-state index contributed by atoms with van der Waals surface area (Å²) in [5.74, 6) is -3.00. The SMILES string of the molecule is C/C=C(/C)C(=O)O[C@H]1CC[C@]2(O)CC(=O)C(C(C)C(=O)O)=C[C@]2(C)[C@H]1C. The third-order valence-corrected chi connectivity index (χ3v) is 6.43.